The zero-order valence-corrected chi connectivity index (χ0v) is 23.2. The molecular formula is C32H11F9N6. The largest absolute Gasteiger partial charge is 0.417 e. The average molecular weight is 650 g/mol. The molecule has 0 aliphatic carbocycles. The van der Waals surface area contributed by atoms with Crippen molar-refractivity contribution in [3.63, 3.8) is 0 Å². The number of fused-ring (bicyclic) bond motifs is 2. The van der Waals surface area contributed by atoms with Crippen molar-refractivity contribution in [1.82, 2.24) is 0 Å². The van der Waals surface area contributed by atoms with Gasteiger partial charge in [-0.25, -0.2) is 9.98 Å². The summed E-state index contributed by atoms with van der Waals surface area (Å²) in [4.78, 5) is 8.36. The Morgan fingerprint density at radius 2 is 0.957 bits per heavy atom. The number of halogens is 9. The van der Waals surface area contributed by atoms with Gasteiger partial charge in [0.2, 0.25) is 0 Å². The van der Waals surface area contributed by atoms with Crippen LogP contribution in [0.5, 0.6) is 0 Å². The lowest BCUT2D eigenvalue weighted by atomic mass is 9.87. The summed E-state index contributed by atoms with van der Waals surface area (Å²) in [5.74, 6) is 0. The van der Waals surface area contributed by atoms with E-state index in [2.05, 4.69) is 9.98 Å². The Hall–Kier alpha value is -6.19. The number of allylic oxidation sites excluding steroid dienone is 4. The summed E-state index contributed by atoms with van der Waals surface area (Å²) in [6, 6.07) is 12.4. The molecule has 0 spiro atoms. The first-order chi connectivity index (χ1) is 21.9. The van der Waals surface area contributed by atoms with E-state index >= 15 is 0 Å². The normalized spacial score (nSPS) is 13.8. The van der Waals surface area contributed by atoms with E-state index in [0.29, 0.717) is 12.1 Å². The molecule has 0 radical (unpaired) electrons. The van der Waals surface area contributed by atoms with Gasteiger partial charge in [-0.05, 0) is 37.3 Å². The van der Waals surface area contributed by atoms with Crippen molar-refractivity contribution >= 4 is 33.9 Å². The summed E-state index contributed by atoms with van der Waals surface area (Å²) in [6.45, 7) is 1.41. The second kappa shape index (κ2) is 11.0. The molecule has 0 atom stereocenters. The second-order valence-electron chi connectivity index (χ2n) is 10.1. The van der Waals surface area contributed by atoms with Gasteiger partial charge in [0, 0.05) is 33.4 Å². The van der Waals surface area contributed by atoms with Gasteiger partial charge >= 0.3 is 18.5 Å². The number of hydrogen-bond donors (Lipinski definition) is 0. The molecule has 0 saturated heterocycles. The number of rotatable bonds is 2. The van der Waals surface area contributed by atoms with Crippen LogP contribution < -0.4 is 0 Å². The van der Waals surface area contributed by atoms with Crippen molar-refractivity contribution in [2.45, 2.75) is 25.5 Å². The van der Waals surface area contributed by atoms with Crippen LogP contribution in [0.2, 0.25) is 0 Å². The quantitative estimate of drug-likeness (QED) is 0.203. The fourth-order valence-electron chi connectivity index (χ4n) is 5.20. The molecule has 2 aliphatic heterocycles. The lowest BCUT2D eigenvalue weighted by Gasteiger charge is -2.17. The van der Waals surface area contributed by atoms with E-state index in [9.17, 15) is 60.6 Å². The summed E-state index contributed by atoms with van der Waals surface area (Å²) in [6.07, 6.45) is -15.4. The molecule has 0 fully saturated rings. The second-order valence-corrected chi connectivity index (χ2v) is 10.1. The van der Waals surface area contributed by atoms with Crippen molar-refractivity contribution < 1.29 is 39.5 Å². The Morgan fingerprint density at radius 3 is 1.36 bits per heavy atom. The average Bonchev–Trinajstić information content (AvgIpc) is 3.54. The standard InChI is InChI=1S/C32H11F9N6/c1-14-2-4-18(22(6-14)31(36,37)38)28-26(15(10-42)11-43)20-8-21-25(9-24(20)46-28)47-29(27(21)16(12-44)13-45)19-5-3-17(30(33,34)35)7-23(19)32(39,40)41/h2-9H,1H3. The predicted molar refractivity (Wildman–Crippen MR) is 148 cm³/mol. The zero-order valence-electron chi connectivity index (χ0n) is 23.2. The van der Waals surface area contributed by atoms with Gasteiger partial charge in [-0.15, -0.1) is 0 Å². The first-order valence-electron chi connectivity index (χ1n) is 12.9. The van der Waals surface area contributed by atoms with Crippen molar-refractivity contribution in [3.8, 4) is 24.3 Å². The lowest BCUT2D eigenvalue weighted by molar-refractivity contribution is -0.143. The summed E-state index contributed by atoms with van der Waals surface area (Å²) in [5.41, 5.74) is -9.89. The van der Waals surface area contributed by atoms with Crippen LogP contribution in [0.1, 0.15) is 44.5 Å². The molecule has 6 nitrogen and oxygen atoms in total. The van der Waals surface area contributed by atoms with Crippen LogP contribution in [0.4, 0.5) is 50.9 Å². The molecule has 0 unspecified atom stereocenters. The van der Waals surface area contributed by atoms with E-state index in [4.69, 9.17) is 0 Å². The third kappa shape index (κ3) is 5.49. The molecule has 3 aromatic rings. The Bertz CT molecular complexity index is 2170. The van der Waals surface area contributed by atoms with Gasteiger partial charge in [-0.1, -0.05) is 23.8 Å². The lowest BCUT2D eigenvalue weighted by Crippen LogP contribution is -2.17. The Labute approximate surface area is 258 Å². The van der Waals surface area contributed by atoms with Gasteiger partial charge in [0.15, 0.2) is 0 Å². The number of hydrogen-bond acceptors (Lipinski definition) is 6. The highest BCUT2D eigenvalue weighted by Crippen LogP contribution is 2.50. The molecule has 0 bridgehead atoms. The molecule has 232 valence electrons. The maximum absolute atomic E-state index is 14.1. The summed E-state index contributed by atoms with van der Waals surface area (Å²) in [7, 11) is 0. The molecule has 5 rings (SSSR count). The van der Waals surface area contributed by atoms with Crippen LogP contribution in [0, 0.1) is 52.2 Å². The van der Waals surface area contributed by atoms with Gasteiger partial charge in [-0.3, -0.25) is 0 Å². The number of aryl methyl sites for hydroxylation is 1. The molecule has 0 amide bonds. The molecule has 0 aromatic heterocycles. The van der Waals surface area contributed by atoms with Crippen LogP contribution >= 0.6 is 0 Å². The SMILES string of the molecule is Cc1ccc(C2=Nc3cc4c(cc3C2=C(C#N)C#N)C(=C(C#N)C#N)C(c2ccc(C(F)(F)F)cc2C(F)(F)F)=N4)c(C(F)(F)F)c1. The maximum Gasteiger partial charge on any atom is 0.417 e. The van der Waals surface area contributed by atoms with E-state index in [1.807, 2.05) is 0 Å². The monoisotopic (exact) mass is 650 g/mol. The highest BCUT2D eigenvalue weighted by molar-refractivity contribution is 6.40. The van der Waals surface area contributed by atoms with Crippen molar-refractivity contribution in [3.05, 3.63) is 104 Å². The third-order valence-corrected chi connectivity index (χ3v) is 7.18. The zero-order chi connectivity index (χ0) is 34.6. The van der Waals surface area contributed by atoms with E-state index < -0.39 is 74.5 Å². The van der Waals surface area contributed by atoms with Crippen LogP contribution in [0.25, 0.3) is 11.1 Å². The number of aliphatic imine (C=N–C) groups is 2. The van der Waals surface area contributed by atoms with E-state index in [1.54, 1.807) is 12.1 Å². The first-order valence-corrected chi connectivity index (χ1v) is 12.9. The fourth-order valence-corrected chi connectivity index (χ4v) is 5.20. The van der Waals surface area contributed by atoms with E-state index in [0.717, 1.165) is 24.3 Å². The Kier molecular flexibility index (Phi) is 7.54. The minimum Gasteiger partial charge on any atom is -0.247 e. The van der Waals surface area contributed by atoms with Crippen molar-refractivity contribution in [1.29, 1.82) is 21.0 Å². The minimum atomic E-state index is -5.35. The van der Waals surface area contributed by atoms with Crippen LogP contribution in [0.3, 0.4) is 0 Å². The number of nitrogens with zero attached hydrogens (tertiary/aromatic N) is 6. The molecule has 3 aromatic carbocycles. The van der Waals surface area contributed by atoms with Gasteiger partial charge in [0.1, 0.15) is 35.4 Å². The first kappa shape index (κ1) is 32.2. The highest BCUT2D eigenvalue weighted by atomic mass is 19.4. The predicted octanol–water partition coefficient (Wildman–Crippen LogP) is 8.92. The van der Waals surface area contributed by atoms with Crippen LogP contribution in [-0.4, -0.2) is 11.4 Å². The van der Waals surface area contributed by atoms with Gasteiger partial charge < -0.3 is 0 Å². The Morgan fingerprint density at radius 1 is 0.532 bits per heavy atom. The molecule has 2 heterocycles. The summed E-state index contributed by atoms with van der Waals surface area (Å²) < 4.78 is 125. The van der Waals surface area contributed by atoms with E-state index in [1.165, 1.54) is 25.1 Å². The van der Waals surface area contributed by atoms with Gasteiger partial charge in [0.05, 0.1) is 39.5 Å². The molecule has 47 heavy (non-hydrogen) atoms. The topological polar surface area (TPSA) is 120 Å². The third-order valence-electron chi connectivity index (χ3n) is 7.18. The molecule has 0 saturated carbocycles. The van der Waals surface area contributed by atoms with Crippen molar-refractivity contribution in [2.24, 2.45) is 9.98 Å². The Balaban J connectivity index is 1.83. The maximum atomic E-state index is 14.1. The van der Waals surface area contributed by atoms with Gasteiger partial charge in [-0.2, -0.15) is 60.6 Å². The van der Waals surface area contributed by atoms with Gasteiger partial charge in [0.25, 0.3) is 0 Å². The fraction of sp³-hybridized carbons (Fsp3) is 0.125. The summed E-state index contributed by atoms with van der Waals surface area (Å²) >= 11 is 0. The minimum absolute atomic E-state index is 0.139. The number of benzene rings is 3. The summed E-state index contributed by atoms with van der Waals surface area (Å²) in [5, 5.41) is 38.9. The molecular weight excluding hydrogens is 639 g/mol. The van der Waals surface area contributed by atoms with Crippen LogP contribution in [0.15, 0.2) is 69.7 Å². The molecule has 2 aliphatic rings. The number of nitriles is 4. The van der Waals surface area contributed by atoms with E-state index in [-0.39, 0.29) is 39.7 Å². The molecule has 0 N–H and O–H groups in total. The van der Waals surface area contributed by atoms with Crippen molar-refractivity contribution in [2.75, 3.05) is 0 Å². The molecule has 15 heteroatoms. The highest BCUT2D eigenvalue weighted by Gasteiger charge is 2.42. The smallest absolute Gasteiger partial charge is 0.247 e. The van der Waals surface area contributed by atoms with Crippen LogP contribution in [-0.2, 0) is 18.5 Å². The number of alkyl halides is 9.